The van der Waals surface area contributed by atoms with Crippen LogP contribution in [-0.2, 0) is 4.79 Å². The second kappa shape index (κ2) is 8.48. The lowest BCUT2D eigenvalue weighted by atomic mass is 10.1. The maximum atomic E-state index is 12.5. The highest BCUT2D eigenvalue weighted by Crippen LogP contribution is 2.42. The van der Waals surface area contributed by atoms with Gasteiger partial charge in [0, 0.05) is 23.3 Å². The van der Waals surface area contributed by atoms with E-state index in [0.29, 0.717) is 5.02 Å². The monoisotopic (exact) mass is 450 g/mol. The highest BCUT2D eigenvalue weighted by molar-refractivity contribution is 9.10. The van der Waals surface area contributed by atoms with Crippen molar-refractivity contribution in [1.82, 2.24) is 4.98 Å². The Morgan fingerprint density at radius 1 is 1.33 bits per heavy atom. The summed E-state index contributed by atoms with van der Waals surface area (Å²) in [5.41, 5.74) is 3.46. The van der Waals surface area contributed by atoms with Crippen molar-refractivity contribution in [2.75, 3.05) is 34.8 Å². The van der Waals surface area contributed by atoms with Gasteiger partial charge in [-0.25, -0.2) is 4.98 Å². The maximum Gasteiger partial charge on any atom is 0.244 e. The minimum Gasteiger partial charge on any atom is -0.370 e. The van der Waals surface area contributed by atoms with Crippen molar-refractivity contribution in [3.8, 4) is 0 Å². The number of anilines is 4. The van der Waals surface area contributed by atoms with Crippen molar-refractivity contribution in [3.63, 3.8) is 0 Å². The molecule has 2 aromatic rings. The summed E-state index contributed by atoms with van der Waals surface area (Å²) in [6.45, 7) is 8.29. The van der Waals surface area contributed by atoms with Gasteiger partial charge in [-0.1, -0.05) is 40.9 Å². The number of benzene rings is 1. The normalized spacial score (nSPS) is 13.4. The molecule has 0 atom stereocenters. The first-order chi connectivity index (χ1) is 12.9. The third-order valence-corrected chi connectivity index (χ3v) is 5.43. The van der Waals surface area contributed by atoms with Gasteiger partial charge >= 0.3 is 0 Å². The summed E-state index contributed by atoms with van der Waals surface area (Å²) in [7, 11) is 0. The Morgan fingerprint density at radius 3 is 2.78 bits per heavy atom. The average Bonchev–Trinajstić information content (AvgIpc) is 2.62. The lowest BCUT2D eigenvalue weighted by Crippen LogP contribution is -2.37. The van der Waals surface area contributed by atoms with Crippen molar-refractivity contribution in [2.24, 2.45) is 0 Å². The number of halogens is 2. The number of hydrogen-bond acceptors (Lipinski definition) is 4. The van der Waals surface area contributed by atoms with Crippen LogP contribution in [0.25, 0.3) is 0 Å². The number of fused-ring (bicyclic) bond motifs is 1. The first kappa shape index (κ1) is 20.0. The molecule has 7 heteroatoms. The minimum atomic E-state index is -0.0695. The summed E-state index contributed by atoms with van der Waals surface area (Å²) in [5.74, 6) is 0.670. The number of unbranched alkanes of at least 4 members (excludes halogenated alkanes) is 1. The van der Waals surface area contributed by atoms with Gasteiger partial charge in [0.2, 0.25) is 5.91 Å². The van der Waals surface area contributed by atoms with Crippen LogP contribution in [-0.4, -0.2) is 30.5 Å². The summed E-state index contributed by atoms with van der Waals surface area (Å²) >= 11 is 9.91. The summed E-state index contributed by atoms with van der Waals surface area (Å²) in [5, 5.41) is 3.62. The number of aromatic nitrogens is 1. The molecule has 0 fully saturated rings. The highest BCUT2D eigenvalue weighted by atomic mass is 79.9. The first-order valence-corrected chi connectivity index (χ1v) is 10.4. The first-order valence-electron chi connectivity index (χ1n) is 9.23. The molecule has 144 valence electrons. The molecule has 1 aliphatic heterocycles. The molecule has 1 aromatic heterocycles. The lowest BCUT2D eigenvalue weighted by Gasteiger charge is -2.34. The molecule has 27 heavy (non-hydrogen) atoms. The van der Waals surface area contributed by atoms with Crippen molar-refractivity contribution in [1.29, 1.82) is 0 Å². The molecule has 3 rings (SSSR count). The van der Waals surface area contributed by atoms with Crippen molar-refractivity contribution in [2.45, 2.75) is 33.6 Å². The summed E-state index contributed by atoms with van der Waals surface area (Å²) in [6, 6.07) is 7.71. The zero-order valence-electron chi connectivity index (χ0n) is 15.9. The molecule has 0 aliphatic carbocycles. The van der Waals surface area contributed by atoms with Crippen LogP contribution in [0.4, 0.5) is 22.9 Å². The highest BCUT2D eigenvalue weighted by Gasteiger charge is 2.29. The van der Waals surface area contributed by atoms with Gasteiger partial charge in [0.25, 0.3) is 0 Å². The Kier molecular flexibility index (Phi) is 6.27. The van der Waals surface area contributed by atoms with Gasteiger partial charge in [-0.3, -0.25) is 4.79 Å². The van der Waals surface area contributed by atoms with Crippen LogP contribution in [0.1, 0.15) is 32.4 Å². The maximum absolute atomic E-state index is 12.5. The smallest absolute Gasteiger partial charge is 0.244 e. The van der Waals surface area contributed by atoms with E-state index in [0.717, 1.165) is 59.0 Å². The molecule has 1 N–H and O–H groups in total. The zero-order chi connectivity index (χ0) is 19.6. The van der Waals surface area contributed by atoms with E-state index >= 15 is 0 Å². The molecule has 0 bridgehead atoms. The van der Waals surface area contributed by atoms with Crippen LogP contribution in [0, 0.1) is 6.92 Å². The fourth-order valence-electron chi connectivity index (χ4n) is 3.30. The van der Waals surface area contributed by atoms with E-state index in [9.17, 15) is 4.79 Å². The number of carbonyl (C=O) groups is 1. The van der Waals surface area contributed by atoms with Crippen LogP contribution in [0.2, 0.25) is 5.02 Å². The summed E-state index contributed by atoms with van der Waals surface area (Å²) in [4.78, 5) is 21.4. The van der Waals surface area contributed by atoms with E-state index in [1.54, 1.807) is 0 Å². The lowest BCUT2D eigenvalue weighted by molar-refractivity contribution is -0.115. The van der Waals surface area contributed by atoms with Crippen LogP contribution in [0.3, 0.4) is 0 Å². The number of nitrogens with one attached hydrogen (secondary N) is 1. The number of pyridine rings is 1. The molecule has 0 saturated heterocycles. The van der Waals surface area contributed by atoms with E-state index in [4.69, 9.17) is 16.6 Å². The quantitative estimate of drug-likeness (QED) is 0.628. The van der Waals surface area contributed by atoms with Gasteiger partial charge < -0.3 is 15.1 Å². The van der Waals surface area contributed by atoms with Gasteiger partial charge in [-0.15, -0.1) is 0 Å². The van der Waals surface area contributed by atoms with Gasteiger partial charge in [-0.2, -0.15) is 0 Å². The molecule has 0 unspecified atom stereocenters. The number of rotatable bonds is 6. The van der Waals surface area contributed by atoms with E-state index in [1.165, 1.54) is 0 Å². The standard InChI is InChI=1S/C20H24BrClN4O/c1-4-6-9-25(5-2)17-10-13(3)23-20-19(17)24-18(27)12-26(20)16-8-7-14(21)11-15(16)22/h7-8,10-11H,4-6,9,12H2,1-3H3,(H,24,27). The third-order valence-electron chi connectivity index (χ3n) is 4.63. The zero-order valence-corrected chi connectivity index (χ0v) is 18.2. The minimum absolute atomic E-state index is 0.0695. The SMILES string of the molecule is CCCCN(CC)c1cc(C)nc2c1NC(=O)CN2c1ccc(Br)cc1Cl. The number of carbonyl (C=O) groups excluding carboxylic acids is 1. The fraction of sp³-hybridized carbons (Fsp3) is 0.400. The molecule has 0 spiro atoms. The largest absolute Gasteiger partial charge is 0.370 e. The topological polar surface area (TPSA) is 48.5 Å². The molecule has 1 amide bonds. The molecule has 2 heterocycles. The van der Waals surface area contributed by atoms with E-state index in [2.05, 4.69) is 40.0 Å². The van der Waals surface area contributed by atoms with Crippen molar-refractivity contribution in [3.05, 3.63) is 39.5 Å². The van der Waals surface area contributed by atoms with Gasteiger partial charge in [-0.05, 0) is 44.5 Å². The number of aryl methyl sites for hydroxylation is 1. The van der Waals surface area contributed by atoms with Crippen LogP contribution in [0.15, 0.2) is 28.7 Å². The second-order valence-corrected chi connectivity index (χ2v) is 7.97. The number of amides is 1. The Morgan fingerprint density at radius 2 is 2.11 bits per heavy atom. The Labute approximate surface area is 173 Å². The predicted octanol–water partition coefficient (Wildman–Crippen LogP) is 5.52. The molecule has 5 nitrogen and oxygen atoms in total. The molecule has 1 aliphatic rings. The number of hydrogen-bond donors (Lipinski definition) is 1. The summed E-state index contributed by atoms with van der Waals surface area (Å²) < 4.78 is 0.896. The van der Waals surface area contributed by atoms with Crippen molar-refractivity contribution >= 4 is 56.3 Å². The molecule has 0 radical (unpaired) electrons. The predicted molar refractivity (Wildman–Crippen MR) is 117 cm³/mol. The second-order valence-electron chi connectivity index (χ2n) is 6.64. The molecule has 1 aromatic carbocycles. The molecular weight excluding hydrogens is 428 g/mol. The van der Waals surface area contributed by atoms with Gasteiger partial charge in [0.1, 0.15) is 12.2 Å². The Bertz CT molecular complexity index is 858. The fourth-order valence-corrected chi connectivity index (χ4v) is 4.07. The van der Waals surface area contributed by atoms with Crippen LogP contribution < -0.4 is 15.1 Å². The van der Waals surface area contributed by atoms with Gasteiger partial charge in [0.05, 0.1) is 16.4 Å². The van der Waals surface area contributed by atoms with E-state index in [1.807, 2.05) is 36.1 Å². The molecular formula is C20H24BrClN4O. The van der Waals surface area contributed by atoms with Gasteiger partial charge in [0.15, 0.2) is 5.82 Å². The van der Waals surface area contributed by atoms with E-state index < -0.39 is 0 Å². The van der Waals surface area contributed by atoms with Crippen molar-refractivity contribution < 1.29 is 4.79 Å². The van der Waals surface area contributed by atoms with E-state index in [-0.39, 0.29) is 12.5 Å². The Hall–Kier alpha value is -1.79. The van der Waals surface area contributed by atoms with Crippen LogP contribution in [0.5, 0.6) is 0 Å². The van der Waals surface area contributed by atoms with Crippen LogP contribution >= 0.6 is 27.5 Å². The third kappa shape index (κ3) is 4.22. The number of nitrogens with zero attached hydrogens (tertiary/aromatic N) is 3. The molecule has 0 saturated carbocycles. The Balaban J connectivity index is 2.12. The summed E-state index contributed by atoms with van der Waals surface area (Å²) in [6.07, 6.45) is 2.22. The average molecular weight is 452 g/mol.